The summed E-state index contributed by atoms with van der Waals surface area (Å²) in [5.41, 5.74) is 1.52. The van der Waals surface area contributed by atoms with Crippen LogP contribution in [0.5, 0.6) is 11.5 Å². The number of hydrogen-bond acceptors (Lipinski definition) is 5. The van der Waals surface area contributed by atoms with Crippen LogP contribution in [0.25, 0.3) is 6.08 Å². The first-order valence-corrected chi connectivity index (χ1v) is 7.15. The number of phenolic OH excluding ortho intramolecular Hbond substituents is 1. The molecule has 0 aromatic heterocycles. The molecule has 0 radical (unpaired) electrons. The molecule has 0 bridgehead atoms. The Hall–Kier alpha value is -3.39. The highest BCUT2D eigenvalue weighted by molar-refractivity contribution is 6.12. The van der Waals surface area contributed by atoms with Crippen molar-refractivity contribution in [3.63, 3.8) is 0 Å². The zero-order valence-corrected chi connectivity index (χ0v) is 13.0. The number of hydrogen-bond donors (Lipinski definition) is 1. The van der Waals surface area contributed by atoms with Crippen molar-refractivity contribution in [2.45, 2.75) is 6.42 Å². The molecule has 0 fully saturated rings. The van der Waals surface area contributed by atoms with E-state index >= 15 is 0 Å². The molecule has 0 aliphatic carbocycles. The number of carbonyl (C=O) groups is 2. The van der Waals surface area contributed by atoms with Crippen molar-refractivity contribution in [3.05, 3.63) is 65.2 Å². The van der Waals surface area contributed by atoms with Gasteiger partial charge in [-0.05, 0) is 35.9 Å². The van der Waals surface area contributed by atoms with Crippen LogP contribution in [0.3, 0.4) is 0 Å². The molecule has 120 valence electrons. The minimum absolute atomic E-state index is 0.0111. The van der Waals surface area contributed by atoms with E-state index in [1.807, 2.05) is 6.07 Å². The largest absolute Gasteiger partial charge is 0.504 e. The number of phenols is 1. The van der Waals surface area contributed by atoms with E-state index in [1.54, 1.807) is 18.2 Å². The van der Waals surface area contributed by atoms with Crippen LogP contribution in [-0.2, 0) is 4.79 Å². The number of ether oxygens (including phenoxy) is 1. The Bertz CT molecular complexity index is 829. The van der Waals surface area contributed by atoms with E-state index in [0.29, 0.717) is 22.4 Å². The third-order valence-corrected chi connectivity index (χ3v) is 3.34. The Morgan fingerprint density at radius 1 is 1.21 bits per heavy atom. The summed E-state index contributed by atoms with van der Waals surface area (Å²) in [7, 11) is 1.43. The second-order valence-electron chi connectivity index (χ2n) is 5.02. The Kier molecular flexibility index (Phi) is 5.48. The smallest absolute Gasteiger partial charge is 0.170 e. The lowest BCUT2D eigenvalue weighted by Gasteiger charge is -2.03. The fraction of sp³-hybridized carbons (Fsp3) is 0.105. The predicted molar refractivity (Wildman–Crippen MR) is 88.8 cm³/mol. The lowest BCUT2D eigenvalue weighted by molar-refractivity contribution is -0.113. The third kappa shape index (κ3) is 4.31. The lowest BCUT2D eigenvalue weighted by Crippen LogP contribution is -2.05. The summed E-state index contributed by atoms with van der Waals surface area (Å²) in [5.74, 6) is -0.330. The quantitative estimate of drug-likeness (QED) is 0.502. The third-order valence-electron chi connectivity index (χ3n) is 3.34. The number of Topliss-reactive ketones (excluding diaryl/α,β-unsaturated/α-hetero) is 1. The number of methoxy groups -OCH3 is 1. The van der Waals surface area contributed by atoms with Crippen molar-refractivity contribution in [2.75, 3.05) is 7.11 Å². The molecular formula is C19H15NO4. The Morgan fingerprint density at radius 3 is 2.54 bits per heavy atom. The summed E-state index contributed by atoms with van der Waals surface area (Å²) in [6, 6.07) is 12.8. The number of carbonyl (C=O) groups excluding carboxylic acids is 2. The monoisotopic (exact) mass is 321 g/mol. The van der Waals surface area contributed by atoms with Crippen LogP contribution in [0.1, 0.15) is 27.9 Å². The molecule has 5 heteroatoms. The topological polar surface area (TPSA) is 87.4 Å². The minimum atomic E-state index is -0.337. The van der Waals surface area contributed by atoms with Crippen LogP contribution in [0.2, 0.25) is 0 Å². The van der Waals surface area contributed by atoms with Gasteiger partial charge in [0, 0.05) is 5.56 Å². The molecule has 24 heavy (non-hydrogen) atoms. The van der Waals surface area contributed by atoms with Crippen LogP contribution >= 0.6 is 0 Å². The predicted octanol–water partition coefficient (Wildman–Crippen LogP) is 3.13. The molecule has 0 heterocycles. The highest BCUT2D eigenvalue weighted by Gasteiger charge is 2.10. The maximum absolute atomic E-state index is 12.0. The SMILES string of the molecule is COc1cc(/C=C/C(=O)CC(=O)c2ccc(C#N)cc2)ccc1O. The van der Waals surface area contributed by atoms with E-state index in [2.05, 4.69) is 0 Å². The first-order chi connectivity index (χ1) is 11.5. The van der Waals surface area contributed by atoms with Gasteiger partial charge in [0.05, 0.1) is 25.2 Å². The molecule has 0 aliphatic heterocycles. The van der Waals surface area contributed by atoms with Crippen molar-refractivity contribution < 1.29 is 19.4 Å². The van der Waals surface area contributed by atoms with Gasteiger partial charge < -0.3 is 9.84 Å². The molecule has 2 aromatic rings. The molecule has 0 saturated carbocycles. The maximum atomic E-state index is 12.0. The molecule has 0 unspecified atom stereocenters. The molecule has 0 atom stereocenters. The van der Waals surface area contributed by atoms with Crippen LogP contribution < -0.4 is 4.74 Å². The molecule has 1 N–H and O–H groups in total. The van der Waals surface area contributed by atoms with Gasteiger partial charge in [0.2, 0.25) is 0 Å². The highest BCUT2D eigenvalue weighted by atomic mass is 16.5. The van der Waals surface area contributed by atoms with Crippen LogP contribution in [0, 0.1) is 11.3 Å². The first kappa shape index (κ1) is 17.0. The van der Waals surface area contributed by atoms with Gasteiger partial charge in [0.1, 0.15) is 0 Å². The van der Waals surface area contributed by atoms with Crippen molar-refractivity contribution in [1.29, 1.82) is 5.26 Å². The first-order valence-electron chi connectivity index (χ1n) is 7.15. The fourth-order valence-electron chi connectivity index (χ4n) is 2.04. The molecule has 2 aromatic carbocycles. The zero-order chi connectivity index (χ0) is 17.5. The summed E-state index contributed by atoms with van der Waals surface area (Å²) in [6.07, 6.45) is 2.61. The Morgan fingerprint density at radius 2 is 1.92 bits per heavy atom. The summed E-state index contributed by atoms with van der Waals surface area (Å²) in [6.45, 7) is 0. The van der Waals surface area contributed by atoms with Gasteiger partial charge in [0.25, 0.3) is 0 Å². The number of aromatic hydroxyl groups is 1. The normalized spacial score (nSPS) is 10.3. The summed E-state index contributed by atoms with van der Waals surface area (Å²) < 4.78 is 4.99. The Labute approximate surface area is 139 Å². The van der Waals surface area contributed by atoms with Gasteiger partial charge in [-0.1, -0.05) is 24.3 Å². The zero-order valence-electron chi connectivity index (χ0n) is 13.0. The number of benzene rings is 2. The molecule has 0 aliphatic rings. The number of nitriles is 1. The van der Waals surface area contributed by atoms with Gasteiger partial charge in [-0.25, -0.2) is 0 Å². The highest BCUT2D eigenvalue weighted by Crippen LogP contribution is 2.26. The van der Waals surface area contributed by atoms with E-state index in [-0.39, 0.29) is 23.7 Å². The molecule has 0 amide bonds. The average Bonchev–Trinajstić information content (AvgIpc) is 2.61. The van der Waals surface area contributed by atoms with Crippen LogP contribution in [0.4, 0.5) is 0 Å². The second-order valence-corrected chi connectivity index (χ2v) is 5.02. The number of allylic oxidation sites excluding steroid dienone is 1. The van der Waals surface area contributed by atoms with Crippen molar-refractivity contribution in [2.24, 2.45) is 0 Å². The lowest BCUT2D eigenvalue weighted by atomic mass is 10.0. The minimum Gasteiger partial charge on any atom is -0.504 e. The van der Waals surface area contributed by atoms with Crippen molar-refractivity contribution in [1.82, 2.24) is 0 Å². The Balaban J connectivity index is 2.01. The number of rotatable bonds is 6. The molecule has 5 nitrogen and oxygen atoms in total. The molecule has 0 saturated heterocycles. The van der Waals surface area contributed by atoms with E-state index in [1.165, 1.54) is 43.5 Å². The summed E-state index contributed by atoms with van der Waals surface area (Å²) >= 11 is 0. The van der Waals surface area contributed by atoms with Gasteiger partial charge >= 0.3 is 0 Å². The molecule has 2 rings (SSSR count). The van der Waals surface area contributed by atoms with Gasteiger partial charge in [0.15, 0.2) is 23.1 Å². The van der Waals surface area contributed by atoms with Crippen molar-refractivity contribution in [3.8, 4) is 17.6 Å². The van der Waals surface area contributed by atoms with E-state index in [4.69, 9.17) is 10.00 Å². The maximum Gasteiger partial charge on any atom is 0.170 e. The number of ketones is 2. The van der Waals surface area contributed by atoms with Gasteiger partial charge in [-0.2, -0.15) is 5.26 Å². The van der Waals surface area contributed by atoms with E-state index < -0.39 is 0 Å². The van der Waals surface area contributed by atoms with Crippen molar-refractivity contribution >= 4 is 17.6 Å². The van der Waals surface area contributed by atoms with Crippen LogP contribution in [-0.4, -0.2) is 23.8 Å². The average molecular weight is 321 g/mol. The fourth-order valence-corrected chi connectivity index (χ4v) is 2.04. The molecular weight excluding hydrogens is 306 g/mol. The summed E-state index contributed by atoms with van der Waals surface area (Å²) in [4.78, 5) is 23.9. The van der Waals surface area contributed by atoms with Crippen LogP contribution in [0.15, 0.2) is 48.5 Å². The standard InChI is InChI=1S/C19H15NO4/c1-24-19-10-13(5-9-17(19)22)4-8-16(21)11-18(23)15-6-2-14(12-20)3-7-15/h2-10,22H,11H2,1H3/b8-4+. The van der Waals surface area contributed by atoms with Gasteiger partial charge in [-0.3, -0.25) is 9.59 Å². The summed E-state index contributed by atoms with van der Waals surface area (Å²) in [5, 5.41) is 18.2. The number of nitrogens with zero attached hydrogens (tertiary/aromatic N) is 1. The molecule has 0 spiro atoms. The van der Waals surface area contributed by atoms with Gasteiger partial charge in [-0.15, -0.1) is 0 Å². The van der Waals surface area contributed by atoms with E-state index in [9.17, 15) is 14.7 Å². The van der Waals surface area contributed by atoms with E-state index in [0.717, 1.165) is 0 Å². The second kappa shape index (κ2) is 7.75.